The Morgan fingerprint density at radius 3 is 3.11 bits per heavy atom. The Labute approximate surface area is 115 Å². The van der Waals surface area contributed by atoms with Crippen LogP contribution in [0, 0.1) is 11.3 Å². The molecule has 0 unspecified atom stereocenters. The molecule has 0 atom stereocenters. The van der Waals surface area contributed by atoms with Crippen molar-refractivity contribution in [3.8, 4) is 17.6 Å². The Balaban J connectivity index is 1.61. The minimum absolute atomic E-state index is 0.294. The summed E-state index contributed by atoms with van der Waals surface area (Å²) in [6.07, 6.45) is 0. The number of ether oxygens (including phenoxy) is 2. The lowest BCUT2D eigenvalue weighted by molar-refractivity contribution is 0.173. The fraction of sp³-hybridized carbons (Fsp3) is 0.214. The summed E-state index contributed by atoms with van der Waals surface area (Å²) in [6, 6.07) is 9.94. The number of hydrogen-bond donors (Lipinski definition) is 1. The summed E-state index contributed by atoms with van der Waals surface area (Å²) in [5.41, 5.74) is 1.81. The summed E-state index contributed by atoms with van der Waals surface area (Å²) in [5, 5.41) is 14.0. The van der Waals surface area contributed by atoms with E-state index in [2.05, 4.69) is 11.4 Å². The van der Waals surface area contributed by atoms with Gasteiger partial charge >= 0.3 is 0 Å². The van der Waals surface area contributed by atoms with Gasteiger partial charge in [0.25, 0.3) is 0 Å². The van der Waals surface area contributed by atoms with Crippen molar-refractivity contribution in [3.05, 3.63) is 45.6 Å². The van der Waals surface area contributed by atoms with Crippen LogP contribution in [0.4, 0.5) is 0 Å². The van der Waals surface area contributed by atoms with Gasteiger partial charge in [-0.1, -0.05) is 12.1 Å². The van der Waals surface area contributed by atoms with Gasteiger partial charge in [0.1, 0.15) is 6.07 Å². The molecule has 0 spiro atoms. The number of rotatable bonds is 4. The quantitative estimate of drug-likeness (QED) is 0.929. The number of nitrogens with zero attached hydrogens (tertiary/aromatic N) is 1. The molecule has 5 heteroatoms. The first-order chi connectivity index (χ1) is 9.36. The Bertz CT molecular complexity index is 631. The van der Waals surface area contributed by atoms with E-state index in [1.165, 1.54) is 0 Å². The molecule has 1 aromatic carbocycles. The molecule has 1 aromatic heterocycles. The highest BCUT2D eigenvalue weighted by molar-refractivity contribution is 7.10. The molecule has 0 saturated carbocycles. The highest BCUT2D eigenvalue weighted by Gasteiger charge is 2.16. The van der Waals surface area contributed by atoms with E-state index < -0.39 is 0 Å². The van der Waals surface area contributed by atoms with Crippen LogP contribution in [-0.4, -0.2) is 6.79 Å². The molecule has 4 nitrogen and oxygen atoms in total. The smallest absolute Gasteiger partial charge is 0.231 e. The largest absolute Gasteiger partial charge is 0.454 e. The van der Waals surface area contributed by atoms with Gasteiger partial charge in [-0.25, -0.2) is 0 Å². The van der Waals surface area contributed by atoms with Crippen molar-refractivity contribution in [2.24, 2.45) is 0 Å². The van der Waals surface area contributed by atoms with Gasteiger partial charge < -0.3 is 14.8 Å². The molecule has 0 saturated heterocycles. The van der Waals surface area contributed by atoms with Gasteiger partial charge in [0.05, 0.1) is 5.56 Å². The van der Waals surface area contributed by atoms with Crippen molar-refractivity contribution >= 4 is 11.3 Å². The average molecular weight is 272 g/mol. The van der Waals surface area contributed by atoms with E-state index in [-0.39, 0.29) is 0 Å². The van der Waals surface area contributed by atoms with Crippen LogP contribution in [-0.2, 0) is 13.1 Å². The molecule has 1 aliphatic heterocycles. The summed E-state index contributed by atoms with van der Waals surface area (Å²) in [7, 11) is 0. The number of fused-ring (bicyclic) bond motifs is 1. The van der Waals surface area contributed by atoms with Crippen molar-refractivity contribution in [3.63, 3.8) is 0 Å². The molecule has 96 valence electrons. The van der Waals surface area contributed by atoms with E-state index in [1.54, 1.807) is 11.3 Å². The Morgan fingerprint density at radius 1 is 1.32 bits per heavy atom. The van der Waals surface area contributed by atoms with Crippen LogP contribution in [0.1, 0.15) is 16.0 Å². The van der Waals surface area contributed by atoms with Crippen LogP contribution >= 0.6 is 11.3 Å². The normalized spacial score (nSPS) is 12.4. The molecule has 2 heterocycles. The zero-order chi connectivity index (χ0) is 13.1. The van der Waals surface area contributed by atoms with Crippen molar-refractivity contribution in [1.82, 2.24) is 5.32 Å². The van der Waals surface area contributed by atoms with Gasteiger partial charge in [-0.05, 0) is 12.1 Å². The second kappa shape index (κ2) is 5.31. The number of nitrogens with one attached hydrogen (secondary N) is 1. The molecule has 0 fully saturated rings. The van der Waals surface area contributed by atoms with E-state index in [0.29, 0.717) is 13.3 Å². The lowest BCUT2D eigenvalue weighted by Crippen LogP contribution is -2.12. The monoisotopic (exact) mass is 272 g/mol. The third-order valence-electron chi connectivity index (χ3n) is 2.88. The fourth-order valence-corrected chi connectivity index (χ4v) is 2.76. The molecule has 19 heavy (non-hydrogen) atoms. The number of benzene rings is 1. The average Bonchev–Trinajstić information content (AvgIpc) is 3.07. The van der Waals surface area contributed by atoms with Gasteiger partial charge in [0.15, 0.2) is 11.5 Å². The van der Waals surface area contributed by atoms with Crippen molar-refractivity contribution < 1.29 is 9.47 Å². The van der Waals surface area contributed by atoms with Crippen molar-refractivity contribution in [2.45, 2.75) is 13.1 Å². The molecule has 0 bridgehead atoms. The van der Waals surface area contributed by atoms with E-state index in [1.807, 2.05) is 29.6 Å². The molecule has 1 N–H and O–H groups in total. The van der Waals surface area contributed by atoms with E-state index in [9.17, 15) is 0 Å². The Kier molecular flexibility index (Phi) is 3.36. The number of nitriles is 1. The van der Waals surface area contributed by atoms with Gasteiger partial charge in [-0.3, -0.25) is 0 Å². The third-order valence-corrected chi connectivity index (χ3v) is 3.81. The summed E-state index contributed by atoms with van der Waals surface area (Å²) in [6.45, 7) is 1.76. The number of hydrogen-bond acceptors (Lipinski definition) is 5. The van der Waals surface area contributed by atoms with Crippen molar-refractivity contribution in [1.29, 1.82) is 5.26 Å². The summed E-state index contributed by atoms with van der Waals surface area (Å²) >= 11 is 1.59. The number of thiophene rings is 1. The first kappa shape index (κ1) is 12.0. The lowest BCUT2D eigenvalue weighted by atomic mass is 10.2. The van der Waals surface area contributed by atoms with Gasteiger partial charge in [0, 0.05) is 28.9 Å². The molecular formula is C14H12N2O2S. The SMILES string of the molecule is N#Cc1csc(CNCc2cccc3c2OCO3)c1. The molecule has 0 amide bonds. The third kappa shape index (κ3) is 2.55. The maximum absolute atomic E-state index is 8.77. The minimum Gasteiger partial charge on any atom is -0.454 e. The predicted octanol–water partition coefficient (Wildman–Crippen LogP) is 2.64. The molecule has 3 rings (SSSR count). The zero-order valence-electron chi connectivity index (χ0n) is 10.2. The van der Waals surface area contributed by atoms with Crippen LogP contribution in [0.2, 0.25) is 0 Å². The van der Waals surface area contributed by atoms with Crippen molar-refractivity contribution in [2.75, 3.05) is 6.79 Å². The highest BCUT2D eigenvalue weighted by Crippen LogP contribution is 2.35. The molecule has 0 radical (unpaired) electrons. The first-order valence-electron chi connectivity index (χ1n) is 5.92. The standard InChI is InChI=1S/C14H12N2O2S/c15-5-10-4-12(19-8-10)7-16-6-11-2-1-3-13-14(11)18-9-17-13/h1-4,8,16H,6-7,9H2. The topological polar surface area (TPSA) is 54.3 Å². The second-order valence-electron chi connectivity index (χ2n) is 4.17. The fourth-order valence-electron chi connectivity index (χ4n) is 1.98. The van der Waals surface area contributed by atoms with Crippen LogP contribution in [0.5, 0.6) is 11.5 Å². The summed E-state index contributed by atoms with van der Waals surface area (Å²) in [4.78, 5) is 1.15. The molecule has 1 aliphatic rings. The number of para-hydroxylation sites is 1. The van der Waals surface area contributed by atoms with E-state index in [4.69, 9.17) is 14.7 Å². The Morgan fingerprint density at radius 2 is 2.26 bits per heavy atom. The van der Waals surface area contributed by atoms with Crippen LogP contribution in [0.25, 0.3) is 0 Å². The van der Waals surface area contributed by atoms with Gasteiger partial charge in [-0.15, -0.1) is 11.3 Å². The highest BCUT2D eigenvalue weighted by atomic mass is 32.1. The first-order valence-corrected chi connectivity index (χ1v) is 6.80. The van der Waals surface area contributed by atoms with E-state index >= 15 is 0 Å². The maximum Gasteiger partial charge on any atom is 0.231 e. The van der Waals surface area contributed by atoms with Crippen LogP contribution < -0.4 is 14.8 Å². The van der Waals surface area contributed by atoms with Crippen LogP contribution in [0.3, 0.4) is 0 Å². The minimum atomic E-state index is 0.294. The summed E-state index contributed by atoms with van der Waals surface area (Å²) in [5.74, 6) is 1.64. The summed E-state index contributed by atoms with van der Waals surface area (Å²) < 4.78 is 10.8. The van der Waals surface area contributed by atoms with Gasteiger partial charge in [0.2, 0.25) is 6.79 Å². The van der Waals surface area contributed by atoms with Crippen LogP contribution in [0.15, 0.2) is 29.6 Å². The maximum atomic E-state index is 8.77. The predicted molar refractivity (Wildman–Crippen MR) is 72.1 cm³/mol. The zero-order valence-corrected chi connectivity index (χ0v) is 11.0. The lowest BCUT2D eigenvalue weighted by Gasteiger charge is -2.06. The molecule has 0 aliphatic carbocycles. The molecular weight excluding hydrogens is 260 g/mol. The van der Waals surface area contributed by atoms with Gasteiger partial charge in [-0.2, -0.15) is 5.26 Å². The second-order valence-corrected chi connectivity index (χ2v) is 5.16. The molecule has 2 aromatic rings. The Hall–Kier alpha value is -2.03. The van der Waals surface area contributed by atoms with E-state index in [0.717, 1.165) is 34.0 Å².